The molecule has 6 nitrogen and oxygen atoms in total. The van der Waals surface area contributed by atoms with Gasteiger partial charge in [0.2, 0.25) is 0 Å². The average molecular weight is 399 g/mol. The Morgan fingerprint density at radius 2 is 1.47 bits per heavy atom. The summed E-state index contributed by atoms with van der Waals surface area (Å²) in [7, 11) is 0. The van der Waals surface area contributed by atoms with E-state index in [0.717, 1.165) is 16.4 Å². The van der Waals surface area contributed by atoms with Gasteiger partial charge in [-0.2, -0.15) is 0 Å². The summed E-state index contributed by atoms with van der Waals surface area (Å²) in [5.41, 5.74) is 1.35. The topological polar surface area (TPSA) is 80.8 Å². The Morgan fingerprint density at radius 3 is 2.10 bits per heavy atom. The quantitative estimate of drug-likeness (QED) is 0.275. The molecular formula is C24H17NO5. The van der Waals surface area contributed by atoms with Crippen LogP contribution >= 0.6 is 0 Å². The zero-order valence-electron chi connectivity index (χ0n) is 15.9. The molecule has 0 radical (unpaired) electrons. The largest absolute Gasteiger partial charge is 0.454 e. The molecule has 0 fully saturated rings. The summed E-state index contributed by atoms with van der Waals surface area (Å²) in [5, 5.41) is 1.47. The molecule has 0 spiro atoms. The van der Waals surface area contributed by atoms with E-state index in [2.05, 4.69) is 0 Å². The van der Waals surface area contributed by atoms with Crippen LogP contribution in [0.15, 0.2) is 78.9 Å². The summed E-state index contributed by atoms with van der Waals surface area (Å²) in [5.74, 6) is -1.87. The Labute approximate surface area is 172 Å². The molecule has 3 aromatic carbocycles. The van der Waals surface area contributed by atoms with E-state index in [-0.39, 0.29) is 18.9 Å². The summed E-state index contributed by atoms with van der Waals surface area (Å²) in [4.78, 5) is 50.5. The standard InChI is InChI=1S/C24H17NO5/c26-20(16-7-2-1-3-8-16)15-30-21(27)13-6-14-25-23(28)18-11-4-9-17-10-5-12-19(22(17)18)24(25)29/h1-13H,14-15H2. The Balaban J connectivity index is 1.41. The maximum atomic E-state index is 12.8. The van der Waals surface area contributed by atoms with Crippen molar-refractivity contribution in [1.82, 2.24) is 4.90 Å². The second-order valence-electron chi connectivity index (χ2n) is 6.73. The lowest BCUT2D eigenvalue weighted by molar-refractivity contribution is -0.136. The molecule has 30 heavy (non-hydrogen) atoms. The fourth-order valence-corrected chi connectivity index (χ4v) is 3.39. The van der Waals surface area contributed by atoms with Crippen LogP contribution in [0.5, 0.6) is 0 Å². The van der Waals surface area contributed by atoms with E-state index < -0.39 is 17.8 Å². The molecule has 0 atom stereocenters. The monoisotopic (exact) mass is 399 g/mol. The molecule has 0 bridgehead atoms. The van der Waals surface area contributed by atoms with Crippen molar-refractivity contribution in [3.8, 4) is 0 Å². The third kappa shape index (κ3) is 3.63. The van der Waals surface area contributed by atoms with E-state index >= 15 is 0 Å². The molecule has 1 aliphatic rings. The molecule has 0 unspecified atom stereocenters. The lowest BCUT2D eigenvalue weighted by atomic mass is 9.94. The average Bonchev–Trinajstić information content (AvgIpc) is 2.78. The van der Waals surface area contributed by atoms with Crippen LogP contribution in [0.1, 0.15) is 31.1 Å². The highest BCUT2D eigenvalue weighted by Gasteiger charge is 2.31. The number of benzene rings is 3. The smallest absolute Gasteiger partial charge is 0.330 e. The van der Waals surface area contributed by atoms with Crippen LogP contribution < -0.4 is 0 Å². The zero-order valence-corrected chi connectivity index (χ0v) is 15.9. The third-order valence-electron chi connectivity index (χ3n) is 4.84. The van der Waals surface area contributed by atoms with Gasteiger partial charge in [-0.25, -0.2) is 4.79 Å². The van der Waals surface area contributed by atoms with E-state index in [1.54, 1.807) is 54.6 Å². The highest BCUT2D eigenvalue weighted by atomic mass is 16.5. The van der Waals surface area contributed by atoms with Gasteiger partial charge in [-0.05, 0) is 17.5 Å². The van der Waals surface area contributed by atoms with E-state index in [9.17, 15) is 19.2 Å². The molecule has 0 saturated heterocycles. The van der Waals surface area contributed by atoms with Crippen molar-refractivity contribution in [2.45, 2.75) is 0 Å². The molecule has 0 aliphatic carbocycles. The van der Waals surface area contributed by atoms with Crippen molar-refractivity contribution in [2.24, 2.45) is 0 Å². The molecule has 0 aromatic heterocycles. The van der Waals surface area contributed by atoms with Crippen molar-refractivity contribution >= 4 is 34.3 Å². The van der Waals surface area contributed by atoms with Gasteiger partial charge in [0, 0.05) is 34.7 Å². The van der Waals surface area contributed by atoms with Crippen LogP contribution in [0.2, 0.25) is 0 Å². The number of amides is 2. The molecule has 0 N–H and O–H groups in total. The molecule has 4 rings (SSSR count). The highest BCUT2D eigenvalue weighted by Crippen LogP contribution is 2.29. The second kappa shape index (κ2) is 8.13. The molecule has 0 saturated carbocycles. The van der Waals surface area contributed by atoms with Crippen molar-refractivity contribution in [1.29, 1.82) is 0 Å². The summed E-state index contributed by atoms with van der Waals surface area (Å²) in [6, 6.07) is 19.1. The minimum absolute atomic E-state index is 0.0792. The van der Waals surface area contributed by atoms with Crippen LogP contribution in [-0.2, 0) is 9.53 Å². The molecule has 6 heteroatoms. The molecule has 148 valence electrons. The number of hydrogen-bond donors (Lipinski definition) is 0. The predicted molar refractivity (Wildman–Crippen MR) is 110 cm³/mol. The van der Waals surface area contributed by atoms with Crippen LogP contribution in [0.4, 0.5) is 0 Å². The minimum Gasteiger partial charge on any atom is -0.454 e. The first-order valence-electron chi connectivity index (χ1n) is 9.36. The number of imide groups is 1. The van der Waals surface area contributed by atoms with Crippen molar-refractivity contribution in [2.75, 3.05) is 13.2 Å². The van der Waals surface area contributed by atoms with Gasteiger partial charge in [-0.3, -0.25) is 19.3 Å². The lowest BCUT2D eigenvalue weighted by Gasteiger charge is -2.26. The fourth-order valence-electron chi connectivity index (χ4n) is 3.39. The van der Waals surface area contributed by atoms with Gasteiger partial charge in [0.25, 0.3) is 11.8 Å². The number of carbonyl (C=O) groups is 4. The lowest BCUT2D eigenvalue weighted by Crippen LogP contribution is -2.40. The number of nitrogens with zero attached hydrogens (tertiary/aromatic N) is 1. The number of ether oxygens (including phenoxy) is 1. The van der Waals surface area contributed by atoms with E-state index in [0.29, 0.717) is 22.1 Å². The molecule has 3 aromatic rings. The van der Waals surface area contributed by atoms with Gasteiger partial charge in [0.1, 0.15) is 0 Å². The molecule has 1 aliphatic heterocycles. The number of rotatable bonds is 6. The first-order chi connectivity index (χ1) is 14.6. The Morgan fingerprint density at radius 1 is 0.833 bits per heavy atom. The van der Waals surface area contributed by atoms with Crippen LogP contribution in [0, 0.1) is 0 Å². The number of esters is 1. The van der Waals surface area contributed by atoms with Crippen molar-refractivity contribution < 1.29 is 23.9 Å². The van der Waals surface area contributed by atoms with E-state index in [1.165, 1.54) is 6.08 Å². The van der Waals surface area contributed by atoms with Gasteiger partial charge in [-0.1, -0.05) is 60.7 Å². The first-order valence-corrected chi connectivity index (χ1v) is 9.36. The number of ketones is 1. The summed E-state index contributed by atoms with van der Waals surface area (Å²) in [6.45, 7) is -0.464. The summed E-state index contributed by atoms with van der Waals surface area (Å²) >= 11 is 0. The molecule has 2 amide bonds. The van der Waals surface area contributed by atoms with Gasteiger partial charge in [0.15, 0.2) is 12.4 Å². The Hall–Kier alpha value is -4.06. The second-order valence-corrected chi connectivity index (χ2v) is 6.73. The maximum absolute atomic E-state index is 12.8. The van der Waals surface area contributed by atoms with Crippen LogP contribution in [0.3, 0.4) is 0 Å². The normalized spacial score (nSPS) is 13.1. The number of hydrogen-bond acceptors (Lipinski definition) is 5. The van der Waals surface area contributed by atoms with E-state index in [4.69, 9.17) is 4.74 Å². The summed E-state index contributed by atoms with van der Waals surface area (Å²) < 4.78 is 4.94. The molecular weight excluding hydrogens is 382 g/mol. The van der Waals surface area contributed by atoms with Gasteiger partial charge in [0.05, 0.1) is 0 Å². The predicted octanol–water partition coefficient (Wildman–Crippen LogP) is 3.42. The number of carbonyl (C=O) groups excluding carboxylic acids is 4. The zero-order chi connectivity index (χ0) is 21.1. The third-order valence-corrected chi connectivity index (χ3v) is 4.84. The van der Waals surface area contributed by atoms with Gasteiger partial charge in [-0.15, -0.1) is 0 Å². The highest BCUT2D eigenvalue weighted by molar-refractivity contribution is 6.25. The maximum Gasteiger partial charge on any atom is 0.330 e. The van der Waals surface area contributed by atoms with Crippen LogP contribution in [-0.4, -0.2) is 41.6 Å². The SMILES string of the molecule is O=C(C=CCN1C(=O)c2cccc3cccc(c23)C1=O)OCC(=O)c1ccccc1. The van der Waals surface area contributed by atoms with Gasteiger partial charge < -0.3 is 4.74 Å². The first kappa shape index (κ1) is 19.3. The van der Waals surface area contributed by atoms with Crippen LogP contribution in [0.25, 0.3) is 10.8 Å². The van der Waals surface area contributed by atoms with E-state index in [1.807, 2.05) is 12.1 Å². The Kier molecular flexibility index (Phi) is 5.22. The Bertz CT molecular complexity index is 1150. The fraction of sp³-hybridized carbons (Fsp3) is 0.0833. The molecule has 1 heterocycles. The van der Waals surface area contributed by atoms with Gasteiger partial charge >= 0.3 is 5.97 Å². The summed E-state index contributed by atoms with van der Waals surface area (Å²) in [6.07, 6.45) is 2.49. The number of Topliss-reactive ketones (excluding diaryl/α,β-unsaturated/α-hetero) is 1. The van der Waals surface area contributed by atoms with Crippen molar-refractivity contribution in [3.63, 3.8) is 0 Å². The van der Waals surface area contributed by atoms with Crippen molar-refractivity contribution in [3.05, 3.63) is 95.6 Å². The minimum atomic E-state index is -0.723.